The lowest BCUT2D eigenvalue weighted by atomic mass is 10.0. The van der Waals surface area contributed by atoms with Crippen molar-refractivity contribution < 1.29 is 32.6 Å². The van der Waals surface area contributed by atoms with Gasteiger partial charge < -0.3 is 25.3 Å². The van der Waals surface area contributed by atoms with Crippen LogP contribution in [0.1, 0.15) is 67.4 Å². The summed E-state index contributed by atoms with van der Waals surface area (Å²) >= 11 is 0. The van der Waals surface area contributed by atoms with Gasteiger partial charge in [0.15, 0.2) is 11.6 Å². The van der Waals surface area contributed by atoms with Gasteiger partial charge in [-0.05, 0) is 88.3 Å². The number of rotatable bonds is 8. The van der Waals surface area contributed by atoms with Crippen LogP contribution in [-0.2, 0) is 9.47 Å². The molecule has 12 heteroatoms. The summed E-state index contributed by atoms with van der Waals surface area (Å²) in [6.45, 7) is 7.40. The third kappa shape index (κ3) is 6.75. The summed E-state index contributed by atoms with van der Waals surface area (Å²) in [6.07, 6.45) is 2.98. The molecule has 44 heavy (non-hydrogen) atoms. The Morgan fingerprint density at radius 2 is 1.86 bits per heavy atom. The second kappa shape index (κ2) is 12.4. The van der Waals surface area contributed by atoms with E-state index in [1.165, 1.54) is 24.5 Å². The van der Waals surface area contributed by atoms with Gasteiger partial charge in [-0.3, -0.25) is 9.69 Å². The van der Waals surface area contributed by atoms with Crippen molar-refractivity contribution in [3.8, 4) is 17.0 Å². The molecule has 3 aromatic rings. The first-order valence-corrected chi connectivity index (χ1v) is 14.5. The number of nitrogens with one attached hydrogen (secondary N) is 1. The summed E-state index contributed by atoms with van der Waals surface area (Å²) in [6, 6.07) is 6.46. The molecule has 2 amide bonds. The quantitative estimate of drug-likeness (QED) is 0.326. The van der Waals surface area contributed by atoms with Crippen LogP contribution in [0.4, 0.5) is 25.1 Å². The molecule has 1 saturated carbocycles. The van der Waals surface area contributed by atoms with E-state index in [4.69, 9.17) is 19.9 Å². The number of carbonyl (C=O) groups is 2. The van der Waals surface area contributed by atoms with Crippen molar-refractivity contribution in [1.82, 2.24) is 14.9 Å². The summed E-state index contributed by atoms with van der Waals surface area (Å²) in [7, 11) is 1.56. The van der Waals surface area contributed by atoms with Crippen LogP contribution in [0.3, 0.4) is 0 Å². The molecular weight excluding hydrogens is 572 g/mol. The van der Waals surface area contributed by atoms with E-state index >= 15 is 0 Å². The van der Waals surface area contributed by atoms with Crippen LogP contribution in [0.15, 0.2) is 36.7 Å². The third-order valence-electron chi connectivity index (χ3n) is 7.81. The highest BCUT2D eigenvalue weighted by atomic mass is 19.1. The molecule has 0 unspecified atom stereocenters. The van der Waals surface area contributed by atoms with Crippen LogP contribution in [0.25, 0.3) is 11.3 Å². The monoisotopic (exact) mass is 609 g/mol. The Hall–Kier alpha value is -4.32. The van der Waals surface area contributed by atoms with Gasteiger partial charge in [-0.2, -0.15) is 0 Å². The standard InChI is InChI=1S/C32H37F2N5O5/c1-17-22(13-20(33)14-24(17)38-30(40)21-9-8-19(12-23(21)34)18-6-7-18)27-28(29(35)37-16-36-27)43-15-25-26(42-5)10-11-39(25)31(41)44-32(2,3)4/h8-9,12-14,16,18,25-26H,6-7,10-11,15H2,1-5H3,(H,38,40)(H2,35,36,37)/t25-,26+/m1/s1. The lowest BCUT2D eigenvalue weighted by molar-refractivity contribution is 0.00196. The topological polar surface area (TPSA) is 129 Å². The van der Waals surface area contributed by atoms with Gasteiger partial charge in [-0.1, -0.05) is 6.07 Å². The van der Waals surface area contributed by atoms with Gasteiger partial charge in [0.25, 0.3) is 5.91 Å². The van der Waals surface area contributed by atoms with E-state index in [0.29, 0.717) is 24.4 Å². The van der Waals surface area contributed by atoms with Crippen molar-refractivity contribution in [1.29, 1.82) is 0 Å². The lowest BCUT2D eigenvalue weighted by Crippen LogP contribution is -2.46. The average molecular weight is 610 g/mol. The van der Waals surface area contributed by atoms with Crippen LogP contribution < -0.4 is 15.8 Å². The minimum Gasteiger partial charge on any atom is -0.485 e. The summed E-state index contributed by atoms with van der Waals surface area (Å²) in [5.74, 6) is -1.61. The van der Waals surface area contributed by atoms with E-state index in [-0.39, 0.29) is 46.8 Å². The molecule has 0 radical (unpaired) electrons. The predicted octanol–water partition coefficient (Wildman–Crippen LogP) is 5.85. The van der Waals surface area contributed by atoms with E-state index in [9.17, 15) is 18.4 Å². The molecule has 2 aromatic carbocycles. The fraction of sp³-hybridized carbons (Fsp3) is 0.438. The van der Waals surface area contributed by atoms with Crippen molar-refractivity contribution in [3.63, 3.8) is 0 Å². The van der Waals surface area contributed by atoms with Crippen molar-refractivity contribution in [2.75, 3.05) is 31.3 Å². The Bertz CT molecular complexity index is 1570. The Morgan fingerprint density at radius 1 is 1.11 bits per heavy atom. The zero-order chi connectivity index (χ0) is 31.8. The number of ether oxygens (including phenoxy) is 3. The van der Waals surface area contributed by atoms with Gasteiger partial charge in [0.2, 0.25) is 0 Å². The molecule has 234 valence electrons. The molecule has 0 spiro atoms. The number of nitrogens with two attached hydrogens (primary N) is 1. The predicted molar refractivity (Wildman–Crippen MR) is 161 cm³/mol. The van der Waals surface area contributed by atoms with E-state index in [1.54, 1.807) is 45.8 Å². The van der Waals surface area contributed by atoms with Gasteiger partial charge in [0, 0.05) is 24.9 Å². The van der Waals surface area contributed by atoms with Crippen LogP contribution in [0.5, 0.6) is 5.75 Å². The molecule has 5 rings (SSSR count). The number of halogens is 2. The van der Waals surface area contributed by atoms with Gasteiger partial charge in [0.05, 0.1) is 17.7 Å². The van der Waals surface area contributed by atoms with Crippen molar-refractivity contribution >= 4 is 23.5 Å². The second-order valence-electron chi connectivity index (χ2n) is 12.1. The number of likely N-dealkylation sites (tertiary alicyclic amines) is 1. The summed E-state index contributed by atoms with van der Waals surface area (Å²) < 4.78 is 47.1. The minimum atomic E-state index is -0.711. The molecule has 1 aromatic heterocycles. The van der Waals surface area contributed by atoms with Gasteiger partial charge in [-0.25, -0.2) is 23.5 Å². The molecule has 2 atom stereocenters. The zero-order valence-corrected chi connectivity index (χ0v) is 25.4. The SMILES string of the molecule is CO[C@H]1CCN(C(=O)OC(C)(C)C)[C@@H]1COc1c(N)ncnc1-c1cc(F)cc(NC(=O)c2ccc(C3CC3)cc2F)c1C. The molecule has 1 saturated heterocycles. The number of anilines is 2. The summed E-state index contributed by atoms with van der Waals surface area (Å²) in [4.78, 5) is 35.9. The van der Waals surface area contributed by atoms with Crippen LogP contribution in [0.2, 0.25) is 0 Å². The Morgan fingerprint density at radius 3 is 2.52 bits per heavy atom. The van der Waals surface area contributed by atoms with Crippen LogP contribution >= 0.6 is 0 Å². The lowest BCUT2D eigenvalue weighted by Gasteiger charge is -2.30. The summed E-state index contributed by atoms with van der Waals surface area (Å²) in [5.41, 5.74) is 7.28. The number of benzene rings is 2. The number of aromatic nitrogens is 2. The molecule has 2 heterocycles. The Kier molecular flexibility index (Phi) is 8.73. The summed E-state index contributed by atoms with van der Waals surface area (Å²) in [5, 5.41) is 2.63. The first-order valence-electron chi connectivity index (χ1n) is 14.5. The Labute approximate surface area is 254 Å². The number of nitrogen functional groups attached to an aromatic ring is 1. The molecule has 1 aliphatic heterocycles. The largest absolute Gasteiger partial charge is 0.485 e. The van der Waals surface area contributed by atoms with E-state index in [1.807, 2.05) is 0 Å². The number of carbonyl (C=O) groups excluding carboxylic acids is 2. The van der Waals surface area contributed by atoms with Crippen molar-refractivity contribution in [3.05, 3.63) is 65.0 Å². The van der Waals surface area contributed by atoms with Gasteiger partial charge in [-0.15, -0.1) is 0 Å². The molecular formula is C32H37F2N5O5. The van der Waals surface area contributed by atoms with E-state index < -0.39 is 35.3 Å². The highest BCUT2D eigenvalue weighted by molar-refractivity contribution is 6.05. The third-order valence-corrected chi connectivity index (χ3v) is 7.81. The molecule has 0 bridgehead atoms. The maximum absolute atomic E-state index is 15.0. The van der Waals surface area contributed by atoms with Gasteiger partial charge in [0.1, 0.15) is 35.9 Å². The number of nitrogens with zero attached hydrogens (tertiary/aromatic N) is 3. The first kappa shape index (κ1) is 31.1. The van der Waals surface area contributed by atoms with Crippen molar-refractivity contribution in [2.24, 2.45) is 0 Å². The molecule has 2 aliphatic rings. The number of amides is 2. The fourth-order valence-electron chi connectivity index (χ4n) is 5.37. The average Bonchev–Trinajstić information content (AvgIpc) is 3.72. The highest BCUT2D eigenvalue weighted by Gasteiger charge is 2.40. The highest BCUT2D eigenvalue weighted by Crippen LogP contribution is 2.41. The van der Waals surface area contributed by atoms with Crippen molar-refractivity contribution in [2.45, 2.75) is 70.6 Å². The molecule has 3 N–H and O–H groups in total. The molecule has 10 nitrogen and oxygen atoms in total. The fourth-order valence-corrected chi connectivity index (χ4v) is 5.37. The normalized spacial score (nSPS) is 18.3. The Balaban J connectivity index is 1.41. The maximum Gasteiger partial charge on any atom is 0.410 e. The van der Waals surface area contributed by atoms with Crippen LogP contribution in [0, 0.1) is 18.6 Å². The maximum atomic E-state index is 15.0. The molecule has 1 aliphatic carbocycles. The second-order valence-corrected chi connectivity index (χ2v) is 12.1. The first-order chi connectivity index (χ1) is 20.9. The number of hydrogen-bond donors (Lipinski definition) is 2. The van der Waals surface area contributed by atoms with E-state index in [0.717, 1.165) is 24.5 Å². The smallest absolute Gasteiger partial charge is 0.410 e. The minimum absolute atomic E-state index is 0.00199. The van der Waals surface area contributed by atoms with Gasteiger partial charge >= 0.3 is 6.09 Å². The number of hydrogen-bond acceptors (Lipinski definition) is 8. The number of methoxy groups -OCH3 is 1. The zero-order valence-electron chi connectivity index (χ0n) is 25.4. The van der Waals surface area contributed by atoms with Crippen LogP contribution in [-0.4, -0.2) is 64.9 Å². The molecule has 2 fully saturated rings. The van der Waals surface area contributed by atoms with E-state index in [2.05, 4.69) is 15.3 Å².